The first-order valence-corrected chi connectivity index (χ1v) is 8.39. The normalized spacial score (nSPS) is 17.8. The van der Waals surface area contributed by atoms with Gasteiger partial charge >= 0.3 is 0 Å². The molecule has 0 bridgehead atoms. The van der Waals surface area contributed by atoms with Crippen LogP contribution in [0.25, 0.3) is 0 Å². The van der Waals surface area contributed by atoms with Gasteiger partial charge in [0, 0.05) is 30.4 Å². The Hall–Kier alpha value is -2.49. The summed E-state index contributed by atoms with van der Waals surface area (Å²) in [5.41, 5.74) is 2.06. The van der Waals surface area contributed by atoms with Crippen LogP contribution in [0.15, 0.2) is 60.4 Å². The molecule has 2 aromatic rings. The predicted molar refractivity (Wildman–Crippen MR) is 94.4 cm³/mol. The zero-order valence-corrected chi connectivity index (χ0v) is 14.1. The molecular formula is C20H23FN2O. The summed E-state index contributed by atoms with van der Waals surface area (Å²) in [5.74, 6) is 0.517. The van der Waals surface area contributed by atoms with E-state index in [1.165, 1.54) is 11.8 Å². The van der Waals surface area contributed by atoms with Gasteiger partial charge < -0.3 is 15.4 Å². The minimum absolute atomic E-state index is 0.0360. The number of hydrogen-bond acceptors (Lipinski definition) is 3. The van der Waals surface area contributed by atoms with Crippen LogP contribution in [0.2, 0.25) is 0 Å². The Morgan fingerprint density at radius 3 is 2.71 bits per heavy atom. The number of nitrogens with one attached hydrogen (secondary N) is 2. The van der Waals surface area contributed by atoms with E-state index in [1.807, 2.05) is 37.4 Å². The summed E-state index contributed by atoms with van der Waals surface area (Å²) in [7, 11) is 0. The highest BCUT2D eigenvalue weighted by Gasteiger charge is 2.17. The minimum atomic E-state index is -0.352. The summed E-state index contributed by atoms with van der Waals surface area (Å²) in [6.07, 6.45) is 4.10. The molecule has 4 heteroatoms. The second kappa shape index (κ2) is 7.39. The molecule has 0 saturated carbocycles. The number of hydrogen-bond donors (Lipinski definition) is 2. The first-order valence-electron chi connectivity index (χ1n) is 8.39. The van der Waals surface area contributed by atoms with Gasteiger partial charge in [0.1, 0.15) is 5.75 Å². The molecule has 0 fully saturated rings. The molecule has 1 aliphatic heterocycles. The zero-order valence-electron chi connectivity index (χ0n) is 14.1. The van der Waals surface area contributed by atoms with Gasteiger partial charge in [-0.3, -0.25) is 0 Å². The maximum atomic E-state index is 14.3. The Morgan fingerprint density at radius 2 is 2.04 bits per heavy atom. The van der Waals surface area contributed by atoms with Crippen LogP contribution in [0.4, 0.5) is 4.39 Å². The lowest BCUT2D eigenvalue weighted by Crippen LogP contribution is -2.20. The minimum Gasteiger partial charge on any atom is -0.454 e. The van der Waals surface area contributed by atoms with Gasteiger partial charge in [0.2, 0.25) is 0 Å². The fraction of sp³-hybridized carbons (Fsp3) is 0.300. The molecule has 0 radical (unpaired) electrons. The fourth-order valence-corrected chi connectivity index (χ4v) is 2.81. The molecule has 0 spiro atoms. The number of para-hydroxylation sites is 1. The van der Waals surface area contributed by atoms with Gasteiger partial charge in [0.15, 0.2) is 11.6 Å². The lowest BCUT2D eigenvalue weighted by molar-refractivity contribution is 0.440. The molecule has 0 amide bonds. The summed E-state index contributed by atoms with van der Waals surface area (Å²) < 4.78 is 19.9. The highest BCUT2D eigenvalue weighted by atomic mass is 19.1. The molecular weight excluding hydrogens is 303 g/mol. The Labute approximate surface area is 142 Å². The highest BCUT2D eigenvalue weighted by Crippen LogP contribution is 2.27. The number of ether oxygens (including phenoxy) is 1. The van der Waals surface area contributed by atoms with Crippen molar-refractivity contribution in [2.24, 2.45) is 0 Å². The smallest absolute Gasteiger partial charge is 0.166 e. The van der Waals surface area contributed by atoms with Crippen molar-refractivity contribution in [3.63, 3.8) is 0 Å². The van der Waals surface area contributed by atoms with Crippen molar-refractivity contribution >= 4 is 0 Å². The third-order valence-electron chi connectivity index (χ3n) is 4.28. The molecule has 2 N–H and O–H groups in total. The van der Waals surface area contributed by atoms with E-state index >= 15 is 0 Å². The van der Waals surface area contributed by atoms with Gasteiger partial charge in [-0.25, -0.2) is 4.39 Å². The maximum Gasteiger partial charge on any atom is 0.166 e. The molecule has 1 unspecified atom stereocenters. The van der Waals surface area contributed by atoms with Crippen molar-refractivity contribution in [1.29, 1.82) is 0 Å². The van der Waals surface area contributed by atoms with Gasteiger partial charge in [-0.05, 0) is 43.2 Å². The average Bonchev–Trinajstić information content (AvgIpc) is 3.05. The molecule has 24 heavy (non-hydrogen) atoms. The van der Waals surface area contributed by atoms with E-state index in [9.17, 15) is 4.39 Å². The zero-order chi connectivity index (χ0) is 16.9. The van der Waals surface area contributed by atoms with E-state index in [0.717, 1.165) is 18.4 Å². The van der Waals surface area contributed by atoms with Crippen LogP contribution < -0.4 is 15.4 Å². The molecule has 1 aliphatic rings. The van der Waals surface area contributed by atoms with E-state index in [2.05, 4.69) is 17.6 Å². The number of rotatable bonds is 6. The monoisotopic (exact) mass is 326 g/mol. The third-order valence-corrected chi connectivity index (χ3v) is 4.28. The lowest BCUT2D eigenvalue weighted by Gasteiger charge is -2.17. The van der Waals surface area contributed by atoms with Crippen LogP contribution in [0.5, 0.6) is 11.5 Å². The molecule has 1 heterocycles. The molecule has 0 aliphatic carbocycles. The predicted octanol–water partition coefficient (Wildman–Crippen LogP) is 4.88. The van der Waals surface area contributed by atoms with Crippen LogP contribution in [0.3, 0.4) is 0 Å². The van der Waals surface area contributed by atoms with Crippen LogP contribution in [0.1, 0.15) is 38.3 Å². The lowest BCUT2D eigenvalue weighted by atomic mass is 10.1. The molecule has 0 saturated heterocycles. The van der Waals surface area contributed by atoms with Gasteiger partial charge in [0.25, 0.3) is 0 Å². The van der Waals surface area contributed by atoms with E-state index in [0.29, 0.717) is 11.8 Å². The van der Waals surface area contributed by atoms with Crippen molar-refractivity contribution in [2.75, 3.05) is 0 Å². The third kappa shape index (κ3) is 3.88. The number of halogens is 1. The van der Waals surface area contributed by atoms with E-state index in [-0.39, 0.29) is 17.6 Å². The van der Waals surface area contributed by atoms with E-state index in [4.69, 9.17) is 4.74 Å². The Kier molecular flexibility index (Phi) is 5.04. The molecule has 2 aromatic carbocycles. The van der Waals surface area contributed by atoms with Gasteiger partial charge in [-0.15, -0.1) is 0 Å². The van der Waals surface area contributed by atoms with Crippen molar-refractivity contribution in [2.45, 2.75) is 38.8 Å². The van der Waals surface area contributed by atoms with Gasteiger partial charge in [0.05, 0.1) is 0 Å². The Balaban J connectivity index is 1.66. The fourth-order valence-electron chi connectivity index (χ4n) is 2.81. The van der Waals surface area contributed by atoms with E-state index in [1.54, 1.807) is 18.2 Å². The summed E-state index contributed by atoms with van der Waals surface area (Å²) in [6.45, 7) is 4.20. The quantitative estimate of drug-likeness (QED) is 0.793. The summed E-state index contributed by atoms with van der Waals surface area (Å²) in [6, 6.07) is 14.9. The Bertz CT molecular complexity index is 715. The molecule has 126 valence electrons. The summed E-state index contributed by atoms with van der Waals surface area (Å²) in [4.78, 5) is 0. The van der Waals surface area contributed by atoms with Crippen molar-refractivity contribution in [3.05, 3.63) is 71.8 Å². The maximum absolute atomic E-state index is 14.3. The second-order valence-electron chi connectivity index (χ2n) is 6.12. The number of benzene rings is 2. The summed E-state index contributed by atoms with van der Waals surface area (Å²) >= 11 is 0. The topological polar surface area (TPSA) is 33.3 Å². The molecule has 0 aromatic heterocycles. The van der Waals surface area contributed by atoms with E-state index < -0.39 is 0 Å². The second-order valence-corrected chi connectivity index (χ2v) is 6.12. The van der Waals surface area contributed by atoms with Crippen LogP contribution >= 0.6 is 0 Å². The first-order chi connectivity index (χ1) is 11.7. The van der Waals surface area contributed by atoms with Crippen LogP contribution in [0, 0.1) is 5.82 Å². The molecule has 2 atom stereocenters. The van der Waals surface area contributed by atoms with Crippen molar-refractivity contribution in [3.8, 4) is 11.5 Å². The van der Waals surface area contributed by atoms with Crippen molar-refractivity contribution in [1.82, 2.24) is 10.6 Å². The molecule has 3 nitrogen and oxygen atoms in total. The van der Waals surface area contributed by atoms with Gasteiger partial charge in [-0.1, -0.05) is 31.2 Å². The van der Waals surface area contributed by atoms with Crippen molar-refractivity contribution < 1.29 is 9.13 Å². The van der Waals surface area contributed by atoms with Gasteiger partial charge in [-0.2, -0.15) is 0 Å². The molecule has 3 rings (SSSR count). The highest BCUT2D eigenvalue weighted by molar-refractivity contribution is 5.35. The first kappa shape index (κ1) is 16.4. The van der Waals surface area contributed by atoms with Crippen LogP contribution in [-0.4, -0.2) is 6.04 Å². The summed E-state index contributed by atoms with van der Waals surface area (Å²) in [5, 5.41) is 6.79. The largest absolute Gasteiger partial charge is 0.454 e. The van der Waals surface area contributed by atoms with Crippen LogP contribution in [-0.2, 0) is 0 Å². The SMILES string of the molecule is CC[C@@H]1CC(NC(C)c2ccc(Oc3ccccc3)c(F)c2)=CN1. The standard InChI is InChI=1S/C20H23FN2O/c1-3-16-12-17(13-22-16)23-14(2)15-9-10-20(19(21)11-15)24-18-7-5-4-6-8-18/h4-11,13-14,16,22-23H,3,12H2,1-2H3/t14?,16-/m1/s1. The average molecular weight is 326 g/mol. The Morgan fingerprint density at radius 1 is 1.25 bits per heavy atom.